The van der Waals surface area contributed by atoms with E-state index < -0.39 is 0 Å². The predicted molar refractivity (Wildman–Crippen MR) is 123 cm³/mol. The van der Waals surface area contributed by atoms with Crippen molar-refractivity contribution >= 4 is 28.2 Å². The van der Waals surface area contributed by atoms with E-state index in [4.69, 9.17) is 0 Å². The van der Waals surface area contributed by atoms with Gasteiger partial charge in [0.15, 0.2) is 0 Å². The second-order valence-electron chi connectivity index (χ2n) is 8.66. The third-order valence-corrected chi connectivity index (χ3v) is 7.23. The maximum absolute atomic E-state index is 13.1. The Labute approximate surface area is 183 Å². The molecule has 2 amide bonds. The lowest BCUT2D eigenvalue weighted by atomic mass is 10.0. The quantitative estimate of drug-likeness (QED) is 0.747. The highest BCUT2D eigenvalue weighted by molar-refractivity contribution is 7.14. The Balaban J connectivity index is 1.38. The van der Waals surface area contributed by atoms with Crippen LogP contribution in [0.25, 0.3) is 0 Å². The van der Waals surface area contributed by atoms with E-state index >= 15 is 0 Å². The summed E-state index contributed by atoms with van der Waals surface area (Å²) in [6.45, 7) is 7.68. The predicted octanol–water partition coefficient (Wildman–Crippen LogP) is 4.82. The zero-order valence-corrected chi connectivity index (χ0v) is 18.7. The summed E-state index contributed by atoms with van der Waals surface area (Å²) in [5.41, 5.74) is 2.41. The highest BCUT2D eigenvalue weighted by Gasteiger charge is 2.29. The first-order valence-corrected chi connectivity index (χ1v) is 11.9. The standard InChI is InChI=1S/C24H31N3O2S/c1-17(2)18-7-9-19(10-8-18)22(28)25-23-21(11-16-30-23)24(29)27-14-12-26(13-15-27)20-5-3-4-6-20/h7-11,16-17,20H,3-6,12-15H2,1-2H3,(H,25,28). The minimum Gasteiger partial charge on any atom is -0.336 e. The van der Waals surface area contributed by atoms with Crippen LogP contribution in [0.15, 0.2) is 35.7 Å². The fourth-order valence-corrected chi connectivity index (χ4v) is 5.27. The van der Waals surface area contributed by atoms with Crippen LogP contribution in [-0.2, 0) is 0 Å². The summed E-state index contributed by atoms with van der Waals surface area (Å²) in [4.78, 5) is 30.3. The van der Waals surface area contributed by atoms with Crippen LogP contribution in [0.2, 0.25) is 0 Å². The van der Waals surface area contributed by atoms with Gasteiger partial charge in [0.05, 0.1) is 5.56 Å². The molecular formula is C24H31N3O2S. The van der Waals surface area contributed by atoms with E-state index in [0.717, 1.165) is 26.2 Å². The zero-order chi connectivity index (χ0) is 21.1. The molecule has 2 aromatic rings. The van der Waals surface area contributed by atoms with Crippen LogP contribution >= 0.6 is 11.3 Å². The normalized spacial score (nSPS) is 18.2. The summed E-state index contributed by atoms with van der Waals surface area (Å²) in [6.07, 6.45) is 5.27. The van der Waals surface area contributed by atoms with Gasteiger partial charge in [0.25, 0.3) is 11.8 Å². The number of hydrogen-bond donors (Lipinski definition) is 1. The number of nitrogens with one attached hydrogen (secondary N) is 1. The van der Waals surface area contributed by atoms with Gasteiger partial charge in [-0.25, -0.2) is 0 Å². The molecule has 1 aromatic carbocycles. The number of hydrogen-bond acceptors (Lipinski definition) is 4. The Kier molecular flexibility index (Phi) is 6.54. The maximum Gasteiger partial charge on any atom is 0.256 e. The SMILES string of the molecule is CC(C)c1ccc(C(=O)Nc2sccc2C(=O)N2CCN(C3CCCC3)CC2)cc1. The lowest BCUT2D eigenvalue weighted by Gasteiger charge is -2.38. The summed E-state index contributed by atoms with van der Waals surface area (Å²) in [7, 11) is 0. The van der Waals surface area contributed by atoms with E-state index in [0.29, 0.717) is 28.1 Å². The molecule has 1 saturated carbocycles. The molecule has 1 aliphatic heterocycles. The molecule has 5 nitrogen and oxygen atoms in total. The van der Waals surface area contributed by atoms with Crippen LogP contribution in [0.1, 0.15) is 71.7 Å². The number of carbonyl (C=O) groups is 2. The average Bonchev–Trinajstić information content (AvgIpc) is 3.46. The van der Waals surface area contributed by atoms with Crippen LogP contribution in [0.5, 0.6) is 0 Å². The minimum absolute atomic E-state index is 0.0211. The van der Waals surface area contributed by atoms with Crippen LogP contribution in [0.3, 0.4) is 0 Å². The Morgan fingerprint density at radius 1 is 1.00 bits per heavy atom. The molecule has 1 N–H and O–H groups in total. The number of thiophene rings is 1. The monoisotopic (exact) mass is 425 g/mol. The van der Waals surface area contributed by atoms with Crippen molar-refractivity contribution in [3.05, 3.63) is 52.4 Å². The van der Waals surface area contributed by atoms with Gasteiger partial charge in [-0.05, 0) is 47.9 Å². The van der Waals surface area contributed by atoms with Gasteiger partial charge >= 0.3 is 0 Å². The van der Waals surface area contributed by atoms with E-state index in [1.165, 1.54) is 42.6 Å². The molecule has 1 saturated heterocycles. The number of benzene rings is 1. The minimum atomic E-state index is -0.173. The largest absolute Gasteiger partial charge is 0.336 e. The maximum atomic E-state index is 13.1. The zero-order valence-electron chi connectivity index (χ0n) is 17.9. The van der Waals surface area contributed by atoms with Gasteiger partial charge in [0, 0.05) is 37.8 Å². The number of amides is 2. The van der Waals surface area contributed by atoms with E-state index in [1.807, 2.05) is 40.6 Å². The van der Waals surface area contributed by atoms with Crippen molar-refractivity contribution in [2.45, 2.75) is 51.5 Å². The highest BCUT2D eigenvalue weighted by atomic mass is 32.1. The molecule has 6 heteroatoms. The van der Waals surface area contributed by atoms with Crippen LogP contribution in [0, 0.1) is 0 Å². The first-order valence-electron chi connectivity index (χ1n) is 11.0. The van der Waals surface area contributed by atoms with Gasteiger partial charge in [0.1, 0.15) is 5.00 Å². The molecule has 0 bridgehead atoms. The number of rotatable bonds is 5. The third kappa shape index (κ3) is 4.60. The fourth-order valence-electron chi connectivity index (χ4n) is 4.50. The van der Waals surface area contributed by atoms with Gasteiger partial charge in [-0.2, -0.15) is 0 Å². The molecule has 4 rings (SSSR count). The first-order chi connectivity index (χ1) is 14.5. The van der Waals surface area contributed by atoms with Crippen molar-refractivity contribution < 1.29 is 9.59 Å². The van der Waals surface area contributed by atoms with Crippen molar-refractivity contribution in [2.75, 3.05) is 31.5 Å². The van der Waals surface area contributed by atoms with Gasteiger partial charge in [0.2, 0.25) is 0 Å². The number of carbonyl (C=O) groups excluding carboxylic acids is 2. The number of piperazine rings is 1. The first kappa shape index (κ1) is 21.1. The lowest BCUT2D eigenvalue weighted by Crippen LogP contribution is -2.51. The third-order valence-electron chi connectivity index (χ3n) is 6.40. The number of anilines is 1. The molecule has 2 fully saturated rings. The Bertz CT molecular complexity index is 876. The van der Waals surface area contributed by atoms with Crippen molar-refractivity contribution in [3.63, 3.8) is 0 Å². The Hall–Kier alpha value is -2.18. The molecule has 0 spiro atoms. The molecule has 2 heterocycles. The molecule has 0 unspecified atom stereocenters. The second-order valence-corrected chi connectivity index (χ2v) is 9.58. The molecule has 0 atom stereocenters. The molecule has 1 aromatic heterocycles. The molecule has 2 aliphatic rings. The summed E-state index contributed by atoms with van der Waals surface area (Å²) in [5, 5.41) is 5.46. The van der Waals surface area contributed by atoms with Gasteiger partial charge in [-0.3, -0.25) is 14.5 Å². The molecule has 30 heavy (non-hydrogen) atoms. The smallest absolute Gasteiger partial charge is 0.256 e. The molecular weight excluding hydrogens is 394 g/mol. The van der Waals surface area contributed by atoms with Crippen molar-refractivity contribution in [1.82, 2.24) is 9.80 Å². The van der Waals surface area contributed by atoms with E-state index in [2.05, 4.69) is 24.1 Å². The number of nitrogens with zero attached hydrogens (tertiary/aromatic N) is 2. The fraction of sp³-hybridized carbons (Fsp3) is 0.500. The average molecular weight is 426 g/mol. The Morgan fingerprint density at radius 2 is 1.67 bits per heavy atom. The van der Waals surface area contributed by atoms with E-state index in [-0.39, 0.29) is 11.8 Å². The highest BCUT2D eigenvalue weighted by Crippen LogP contribution is 2.28. The van der Waals surface area contributed by atoms with Crippen molar-refractivity contribution in [2.24, 2.45) is 0 Å². The van der Waals surface area contributed by atoms with Crippen molar-refractivity contribution in [3.8, 4) is 0 Å². The van der Waals surface area contributed by atoms with Crippen LogP contribution < -0.4 is 5.32 Å². The van der Waals surface area contributed by atoms with E-state index in [9.17, 15) is 9.59 Å². The topological polar surface area (TPSA) is 52.7 Å². The summed E-state index contributed by atoms with van der Waals surface area (Å²) >= 11 is 1.40. The molecule has 0 radical (unpaired) electrons. The summed E-state index contributed by atoms with van der Waals surface area (Å²) < 4.78 is 0. The molecule has 1 aliphatic carbocycles. The van der Waals surface area contributed by atoms with Gasteiger partial charge < -0.3 is 10.2 Å². The van der Waals surface area contributed by atoms with Crippen molar-refractivity contribution in [1.29, 1.82) is 0 Å². The summed E-state index contributed by atoms with van der Waals surface area (Å²) in [6, 6.07) is 10.2. The molecule has 160 valence electrons. The second kappa shape index (κ2) is 9.31. The van der Waals surface area contributed by atoms with E-state index in [1.54, 1.807) is 0 Å². The summed E-state index contributed by atoms with van der Waals surface area (Å²) in [5.74, 6) is 0.276. The van der Waals surface area contributed by atoms with Crippen LogP contribution in [-0.4, -0.2) is 53.8 Å². The van der Waals surface area contributed by atoms with Crippen LogP contribution in [0.4, 0.5) is 5.00 Å². The van der Waals surface area contributed by atoms with Gasteiger partial charge in [-0.15, -0.1) is 11.3 Å². The Morgan fingerprint density at radius 3 is 2.30 bits per heavy atom. The lowest BCUT2D eigenvalue weighted by molar-refractivity contribution is 0.0575. The van der Waals surface area contributed by atoms with Gasteiger partial charge in [-0.1, -0.05) is 38.8 Å².